The van der Waals surface area contributed by atoms with E-state index in [9.17, 15) is 4.79 Å². The third-order valence-corrected chi connectivity index (χ3v) is 6.53. The Kier molecular flexibility index (Phi) is 5.96. The van der Waals surface area contributed by atoms with Gasteiger partial charge in [0.25, 0.3) is 0 Å². The number of ether oxygens (including phenoxy) is 1. The topological polar surface area (TPSA) is 95.5 Å². The highest BCUT2D eigenvalue weighted by atomic mass is 16.5. The molecule has 0 radical (unpaired) electrons. The molecule has 5 rings (SSSR count). The Morgan fingerprint density at radius 3 is 2.51 bits per heavy atom. The van der Waals surface area contributed by atoms with Crippen LogP contribution in [0, 0.1) is 5.41 Å². The molecule has 3 heterocycles. The van der Waals surface area contributed by atoms with Gasteiger partial charge in [-0.2, -0.15) is 5.10 Å². The second-order valence-electron chi connectivity index (χ2n) is 10.2. The van der Waals surface area contributed by atoms with E-state index in [2.05, 4.69) is 15.3 Å². The van der Waals surface area contributed by atoms with E-state index in [0.717, 1.165) is 47.7 Å². The summed E-state index contributed by atoms with van der Waals surface area (Å²) < 4.78 is 5.94. The molecular weight excluding hydrogens is 440 g/mol. The van der Waals surface area contributed by atoms with Crippen LogP contribution in [0.15, 0.2) is 76.1 Å². The number of nitrogens with one attached hydrogen (secondary N) is 1. The van der Waals surface area contributed by atoms with Gasteiger partial charge in [0.2, 0.25) is 5.91 Å². The molecule has 8 nitrogen and oxygen atoms in total. The second-order valence-corrected chi connectivity index (χ2v) is 10.2. The van der Waals surface area contributed by atoms with Gasteiger partial charge in [0.15, 0.2) is 0 Å². The van der Waals surface area contributed by atoms with E-state index in [1.165, 1.54) is 0 Å². The van der Waals surface area contributed by atoms with Crippen LogP contribution in [0.3, 0.4) is 0 Å². The number of piperidine rings is 1. The first-order chi connectivity index (χ1) is 16.8. The zero-order valence-electron chi connectivity index (χ0n) is 20.4. The summed E-state index contributed by atoms with van der Waals surface area (Å²) in [5.41, 5.74) is 8.54. The van der Waals surface area contributed by atoms with Crippen molar-refractivity contribution in [2.24, 2.45) is 21.2 Å². The predicted molar refractivity (Wildman–Crippen MR) is 137 cm³/mol. The molecule has 1 fully saturated rings. The summed E-state index contributed by atoms with van der Waals surface area (Å²) in [7, 11) is 0. The minimum absolute atomic E-state index is 0.0834. The summed E-state index contributed by atoms with van der Waals surface area (Å²) in [4.78, 5) is 19.2. The second kappa shape index (κ2) is 9.09. The van der Waals surface area contributed by atoms with Crippen LogP contribution in [0.5, 0.6) is 11.5 Å². The third-order valence-electron chi connectivity index (χ3n) is 6.53. The highest BCUT2D eigenvalue weighted by Gasteiger charge is 2.42. The Bertz CT molecular complexity index is 1180. The summed E-state index contributed by atoms with van der Waals surface area (Å²) in [6, 6.07) is 17.6. The first-order valence-electron chi connectivity index (χ1n) is 12.1. The largest absolute Gasteiger partial charge is 0.457 e. The molecule has 2 unspecified atom stereocenters. The minimum atomic E-state index is -0.407. The van der Waals surface area contributed by atoms with Gasteiger partial charge in [0.05, 0.1) is 18.0 Å². The van der Waals surface area contributed by atoms with Crippen LogP contribution in [0.25, 0.3) is 0 Å². The van der Waals surface area contributed by atoms with Gasteiger partial charge in [-0.3, -0.25) is 9.80 Å². The highest BCUT2D eigenvalue weighted by molar-refractivity contribution is 6.15. The van der Waals surface area contributed by atoms with Gasteiger partial charge < -0.3 is 20.7 Å². The fraction of sp³-hybridized carbons (Fsp3) is 0.370. The molecule has 2 atom stereocenters. The lowest BCUT2D eigenvalue weighted by Gasteiger charge is -2.41. The van der Waals surface area contributed by atoms with Crippen LogP contribution < -0.4 is 15.8 Å². The maximum absolute atomic E-state index is 13.0. The molecule has 2 aromatic rings. The van der Waals surface area contributed by atoms with E-state index in [0.29, 0.717) is 12.4 Å². The van der Waals surface area contributed by atoms with E-state index in [1.807, 2.05) is 80.3 Å². The smallest absolute Gasteiger partial charge is 0.228 e. The molecule has 8 heteroatoms. The summed E-state index contributed by atoms with van der Waals surface area (Å²) >= 11 is 0. The molecule has 3 aliphatic rings. The number of rotatable bonds is 4. The van der Waals surface area contributed by atoms with E-state index in [4.69, 9.17) is 15.6 Å². The van der Waals surface area contributed by atoms with Crippen molar-refractivity contribution in [1.29, 1.82) is 0 Å². The number of aliphatic imine (C=N–C) groups is 1. The van der Waals surface area contributed by atoms with Gasteiger partial charge in [-0.05, 0) is 49.2 Å². The van der Waals surface area contributed by atoms with Crippen molar-refractivity contribution in [2.75, 3.05) is 13.1 Å². The number of nitrogens with two attached hydrogens (primary N) is 1. The first-order valence-corrected chi connectivity index (χ1v) is 12.1. The van der Waals surface area contributed by atoms with Gasteiger partial charge in [-0.1, -0.05) is 39.0 Å². The van der Waals surface area contributed by atoms with Crippen LogP contribution in [-0.2, 0) is 4.79 Å². The SMILES string of the molecule is CC(C)(C)C(=O)N1CCCC(N2N=C(c3ccc(Oc4ccccc4)cc3)C3=C(N)N=CNC32)C1. The van der Waals surface area contributed by atoms with Crippen LogP contribution in [0.4, 0.5) is 0 Å². The molecule has 3 N–H and O–H groups in total. The molecule has 1 amide bonds. The normalized spacial score (nSPS) is 22.0. The van der Waals surface area contributed by atoms with Gasteiger partial charge >= 0.3 is 0 Å². The maximum atomic E-state index is 13.0. The summed E-state index contributed by atoms with van der Waals surface area (Å²) in [5.74, 6) is 2.16. The van der Waals surface area contributed by atoms with Crippen LogP contribution in [0.1, 0.15) is 39.2 Å². The predicted octanol–water partition coefficient (Wildman–Crippen LogP) is 3.66. The Morgan fingerprint density at radius 1 is 1.09 bits per heavy atom. The van der Waals surface area contributed by atoms with Crippen molar-refractivity contribution in [3.8, 4) is 11.5 Å². The van der Waals surface area contributed by atoms with E-state index < -0.39 is 5.41 Å². The van der Waals surface area contributed by atoms with Crippen molar-refractivity contribution < 1.29 is 9.53 Å². The van der Waals surface area contributed by atoms with Crippen molar-refractivity contribution in [1.82, 2.24) is 15.2 Å². The maximum Gasteiger partial charge on any atom is 0.228 e. The molecule has 2 aromatic carbocycles. The number of para-hydroxylation sites is 1. The number of hydrogen-bond acceptors (Lipinski definition) is 7. The van der Waals surface area contributed by atoms with E-state index in [-0.39, 0.29) is 18.1 Å². The average Bonchev–Trinajstić information content (AvgIpc) is 3.25. The lowest BCUT2D eigenvalue weighted by Crippen LogP contribution is -2.55. The molecule has 3 aliphatic heterocycles. The fourth-order valence-electron chi connectivity index (χ4n) is 4.80. The molecular formula is C27H32N6O2. The quantitative estimate of drug-likeness (QED) is 0.708. The first kappa shape index (κ1) is 23.0. The number of benzene rings is 2. The molecule has 182 valence electrons. The standard InChI is InChI=1S/C27H32N6O2/c1-27(2,3)26(34)32-15-7-8-19(16-32)33-25-22(24(28)29-17-30-25)23(31-33)18-11-13-21(14-12-18)35-20-9-5-4-6-10-20/h4-6,9-14,17,19,25H,7-8,15-16,28H2,1-3H3,(H,29,30). The van der Waals surface area contributed by atoms with Crippen molar-refractivity contribution >= 4 is 18.0 Å². The summed E-state index contributed by atoms with van der Waals surface area (Å²) in [5, 5.41) is 10.4. The molecule has 35 heavy (non-hydrogen) atoms. The number of hydrazone groups is 1. The number of likely N-dealkylation sites (tertiary alicyclic amines) is 1. The number of carbonyl (C=O) groups excluding carboxylic acids is 1. The lowest BCUT2D eigenvalue weighted by molar-refractivity contribution is -0.141. The van der Waals surface area contributed by atoms with Gasteiger partial charge in [0, 0.05) is 24.1 Å². The highest BCUT2D eigenvalue weighted by Crippen LogP contribution is 2.33. The lowest BCUT2D eigenvalue weighted by atomic mass is 9.92. The van der Waals surface area contributed by atoms with Gasteiger partial charge in [0.1, 0.15) is 29.2 Å². The molecule has 0 spiro atoms. The van der Waals surface area contributed by atoms with Gasteiger partial charge in [-0.25, -0.2) is 4.99 Å². The van der Waals surface area contributed by atoms with E-state index in [1.54, 1.807) is 6.34 Å². The zero-order chi connectivity index (χ0) is 24.6. The third kappa shape index (κ3) is 4.60. The Hall–Kier alpha value is -3.81. The number of amides is 1. The average molecular weight is 473 g/mol. The number of nitrogens with zero attached hydrogens (tertiary/aromatic N) is 4. The molecule has 0 bridgehead atoms. The summed E-state index contributed by atoms with van der Waals surface area (Å²) in [6.45, 7) is 7.33. The van der Waals surface area contributed by atoms with Crippen LogP contribution in [0.2, 0.25) is 0 Å². The monoisotopic (exact) mass is 472 g/mol. The number of carbonyl (C=O) groups is 1. The molecule has 1 saturated heterocycles. The van der Waals surface area contributed by atoms with E-state index >= 15 is 0 Å². The molecule has 0 saturated carbocycles. The fourth-order valence-corrected chi connectivity index (χ4v) is 4.80. The Labute approximate surface area is 206 Å². The minimum Gasteiger partial charge on any atom is -0.457 e. The number of fused-ring (bicyclic) bond motifs is 1. The molecule has 0 aromatic heterocycles. The summed E-state index contributed by atoms with van der Waals surface area (Å²) in [6.07, 6.45) is 3.32. The Balaban J connectivity index is 1.41. The Morgan fingerprint density at radius 2 is 1.80 bits per heavy atom. The molecule has 0 aliphatic carbocycles. The zero-order valence-corrected chi connectivity index (χ0v) is 20.4. The van der Waals surface area contributed by atoms with Crippen molar-refractivity contribution in [2.45, 2.75) is 45.8 Å². The van der Waals surface area contributed by atoms with Crippen molar-refractivity contribution in [3.63, 3.8) is 0 Å². The van der Waals surface area contributed by atoms with Gasteiger partial charge in [-0.15, -0.1) is 0 Å². The van der Waals surface area contributed by atoms with Crippen molar-refractivity contribution in [3.05, 3.63) is 71.6 Å². The number of hydrogen-bond donors (Lipinski definition) is 2. The van der Waals surface area contributed by atoms with Crippen LogP contribution in [-0.4, -0.2) is 53.2 Å². The van der Waals surface area contributed by atoms with Crippen LogP contribution >= 0.6 is 0 Å².